The average molecular weight is 475 g/mol. The monoisotopic (exact) mass is 474 g/mol. The fourth-order valence-corrected chi connectivity index (χ4v) is 5.46. The van der Waals surface area contributed by atoms with E-state index in [9.17, 15) is 17.6 Å². The lowest BCUT2D eigenvalue weighted by Gasteiger charge is -2.22. The molecule has 1 aliphatic rings. The predicted octanol–water partition coefficient (Wildman–Crippen LogP) is 3.52. The van der Waals surface area contributed by atoms with Gasteiger partial charge in [-0.25, -0.2) is 12.8 Å². The van der Waals surface area contributed by atoms with E-state index in [0.29, 0.717) is 35.7 Å². The third kappa shape index (κ3) is 4.38. The maximum absolute atomic E-state index is 13.3. The molecule has 0 spiro atoms. The van der Waals surface area contributed by atoms with Gasteiger partial charge in [0, 0.05) is 38.1 Å². The van der Waals surface area contributed by atoms with Crippen molar-refractivity contribution in [3.8, 4) is 5.69 Å². The van der Waals surface area contributed by atoms with E-state index in [1.807, 2.05) is 6.92 Å². The molecule has 32 heavy (non-hydrogen) atoms. The first-order chi connectivity index (χ1) is 15.3. The first-order valence-electron chi connectivity index (χ1n) is 10.2. The second-order valence-corrected chi connectivity index (χ2v) is 9.98. The molecule has 1 N–H and O–H groups in total. The van der Waals surface area contributed by atoms with E-state index in [-0.39, 0.29) is 29.7 Å². The van der Waals surface area contributed by atoms with Crippen molar-refractivity contribution >= 4 is 28.1 Å². The minimum atomic E-state index is -3.64. The van der Waals surface area contributed by atoms with Gasteiger partial charge in [0.2, 0.25) is 10.0 Å². The number of nitrogens with one attached hydrogen (secondary N) is 1. The van der Waals surface area contributed by atoms with Gasteiger partial charge in [-0.15, -0.1) is 0 Å². The number of nitrogens with zero attached hydrogens (tertiary/aromatic N) is 3. The number of aromatic amines is 1. The van der Waals surface area contributed by atoms with Crippen LogP contribution in [0, 0.1) is 17.5 Å². The van der Waals surface area contributed by atoms with E-state index in [1.54, 1.807) is 45.9 Å². The third-order valence-corrected chi connectivity index (χ3v) is 7.69. The number of sulfonamides is 1. The van der Waals surface area contributed by atoms with Gasteiger partial charge >= 0.3 is 0 Å². The number of imidazole rings is 1. The summed E-state index contributed by atoms with van der Waals surface area (Å²) in [6.45, 7) is 3.10. The second kappa shape index (κ2) is 8.97. The van der Waals surface area contributed by atoms with E-state index >= 15 is 0 Å². The molecule has 2 heterocycles. The van der Waals surface area contributed by atoms with Gasteiger partial charge in [0.05, 0.1) is 4.90 Å². The maximum atomic E-state index is 13.3. The molecule has 4 rings (SSSR count). The topological polar surface area (TPSA) is 78.4 Å². The highest BCUT2D eigenvalue weighted by Gasteiger charge is 2.29. The summed E-state index contributed by atoms with van der Waals surface area (Å²) in [5.74, 6) is -0.651. The molecule has 0 atom stereocenters. The normalized spacial score (nSPS) is 15.5. The van der Waals surface area contributed by atoms with Gasteiger partial charge in [-0.1, -0.05) is 17.7 Å². The summed E-state index contributed by atoms with van der Waals surface area (Å²) in [6.07, 6.45) is 2.04. The molecule has 0 bridgehead atoms. The molecule has 0 unspecified atom stereocenters. The van der Waals surface area contributed by atoms with E-state index < -0.39 is 10.0 Å². The van der Waals surface area contributed by atoms with Crippen LogP contribution >= 0.6 is 12.2 Å². The number of rotatable bonds is 4. The average Bonchev–Trinajstić information content (AvgIpc) is 2.98. The van der Waals surface area contributed by atoms with E-state index in [2.05, 4.69) is 4.98 Å². The zero-order chi connectivity index (χ0) is 22.9. The number of amides is 1. The van der Waals surface area contributed by atoms with Crippen molar-refractivity contribution in [3.63, 3.8) is 0 Å². The van der Waals surface area contributed by atoms with Gasteiger partial charge in [0.1, 0.15) is 11.5 Å². The van der Waals surface area contributed by atoms with Crippen molar-refractivity contribution < 1.29 is 17.6 Å². The largest absolute Gasteiger partial charge is 0.336 e. The van der Waals surface area contributed by atoms with Crippen LogP contribution in [-0.2, 0) is 10.0 Å². The summed E-state index contributed by atoms with van der Waals surface area (Å²) < 4.78 is 42.7. The molecule has 10 heteroatoms. The van der Waals surface area contributed by atoms with E-state index in [0.717, 1.165) is 5.56 Å². The fourth-order valence-electron chi connectivity index (χ4n) is 3.73. The summed E-state index contributed by atoms with van der Waals surface area (Å²) >= 11 is 5.32. The van der Waals surface area contributed by atoms with E-state index in [4.69, 9.17) is 12.2 Å². The Labute approximate surface area is 191 Å². The Hall–Kier alpha value is -2.82. The molecular weight excluding hydrogens is 451 g/mol. The third-order valence-electron chi connectivity index (χ3n) is 5.48. The zero-order valence-corrected chi connectivity index (χ0v) is 19.1. The Morgan fingerprint density at radius 2 is 1.69 bits per heavy atom. The molecule has 0 radical (unpaired) electrons. The minimum absolute atomic E-state index is 0.198. The molecule has 0 aliphatic carbocycles. The van der Waals surface area contributed by atoms with Crippen LogP contribution in [0.2, 0.25) is 0 Å². The van der Waals surface area contributed by atoms with Crippen molar-refractivity contribution in [3.05, 3.63) is 76.6 Å². The number of hydrogen-bond acceptors (Lipinski definition) is 4. The van der Waals surface area contributed by atoms with Crippen molar-refractivity contribution in [2.24, 2.45) is 0 Å². The zero-order valence-electron chi connectivity index (χ0n) is 17.5. The Morgan fingerprint density at radius 1 is 1.00 bits per heavy atom. The SMILES string of the molecule is Cc1ccc(S(=O)(=O)N2CCCN(C(=O)c3c[nH]c(=S)n3-c3ccc(F)cc3)CC2)cc1. The number of H-pyrrole nitrogens is 1. The molecular formula is C22H23FN4O3S2. The van der Waals surface area contributed by atoms with Crippen LogP contribution in [0.4, 0.5) is 4.39 Å². The van der Waals surface area contributed by atoms with Gasteiger partial charge in [-0.05, 0) is 62.0 Å². The summed E-state index contributed by atoms with van der Waals surface area (Å²) in [5, 5.41) is 0. The Bertz CT molecular complexity index is 1280. The predicted molar refractivity (Wildman–Crippen MR) is 121 cm³/mol. The summed E-state index contributed by atoms with van der Waals surface area (Å²) in [6, 6.07) is 12.5. The number of aryl methyl sites for hydroxylation is 1. The van der Waals surface area contributed by atoms with Crippen LogP contribution in [-0.4, -0.2) is 59.3 Å². The van der Waals surface area contributed by atoms with Crippen LogP contribution < -0.4 is 0 Å². The molecule has 0 saturated carbocycles. The molecule has 1 aromatic heterocycles. The van der Waals surface area contributed by atoms with Crippen LogP contribution in [0.1, 0.15) is 22.5 Å². The lowest BCUT2D eigenvalue weighted by atomic mass is 10.2. The molecule has 1 saturated heterocycles. The fraction of sp³-hybridized carbons (Fsp3) is 0.273. The molecule has 1 amide bonds. The number of aromatic nitrogens is 2. The lowest BCUT2D eigenvalue weighted by molar-refractivity contribution is 0.0756. The van der Waals surface area contributed by atoms with E-state index in [1.165, 1.54) is 22.6 Å². The molecule has 168 valence electrons. The lowest BCUT2D eigenvalue weighted by Crippen LogP contribution is -2.38. The molecule has 1 fully saturated rings. The Balaban J connectivity index is 1.54. The van der Waals surface area contributed by atoms with Crippen LogP contribution in [0.25, 0.3) is 5.69 Å². The van der Waals surface area contributed by atoms with Crippen molar-refractivity contribution in [1.82, 2.24) is 18.8 Å². The highest BCUT2D eigenvalue weighted by atomic mass is 32.2. The number of halogens is 1. The van der Waals surface area contributed by atoms with Crippen molar-refractivity contribution in [2.75, 3.05) is 26.2 Å². The minimum Gasteiger partial charge on any atom is -0.336 e. The standard InChI is InChI=1S/C22H23FN4O3S2/c1-16-3-9-19(10-4-16)32(29,30)26-12-2-11-25(13-14-26)21(28)20-15-24-22(31)27(20)18-7-5-17(23)6-8-18/h3-10,15H,2,11-14H2,1H3,(H,24,31). The Kier molecular flexibility index (Phi) is 6.27. The maximum Gasteiger partial charge on any atom is 0.272 e. The highest BCUT2D eigenvalue weighted by Crippen LogP contribution is 2.20. The summed E-state index contributed by atoms with van der Waals surface area (Å²) in [7, 11) is -3.64. The smallest absolute Gasteiger partial charge is 0.272 e. The first-order valence-corrected chi connectivity index (χ1v) is 12.0. The van der Waals surface area contributed by atoms with Crippen molar-refractivity contribution in [1.29, 1.82) is 0 Å². The molecule has 2 aromatic carbocycles. The van der Waals surface area contributed by atoms with Gasteiger partial charge in [0.15, 0.2) is 4.77 Å². The summed E-state index contributed by atoms with van der Waals surface area (Å²) in [4.78, 5) is 18.0. The summed E-state index contributed by atoms with van der Waals surface area (Å²) in [5.41, 5.74) is 1.87. The van der Waals surface area contributed by atoms with Gasteiger partial charge in [-0.2, -0.15) is 4.31 Å². The molecule has 7 nitrogen and oxygen atoms in total. The van der Waals surface area contributed by atoms with Gasteiger partial charge in [0.25, 0.3) is 5.91 Å². The van der Waals surface area contributed by atoms with Gasteiger partial charge < -0.3 is 9.88 Å². The van der Waals surface area contributed by atoms with Crippen LogP contribution in [0.5, 0.6) is 0 Å². The highest BCUT2D eigenvalue weighted by molar-refractivity contribution is 7.89. The van der Waals surface area contributed by atoms with Crippen molar-refractivity contribution in [2.45, 2.75) is 18.2 Å². The second-order valence-electron chi connectivity index (χ2n) is 7.65. The number of carbonyl (C=O) groups is 1. The van der Waals surface area contributed by atoms with Crippen LogP contribution in [0.3, 0.4) is 0 Å². The number of hydrogen-bond donors (Lipinski definition) is 1. The number of carbonyl (C=O) groups excluding carboxylic acids is 1. The van der Waals surface area contributed by atoms with Crippen LogP contribution in [0.15, 0.2) is 59.6 Å². The Morgan fingerprint density at radius 3 is 2.38 bits per heavy atom. The first kappa shape index (κ1) is 22.4. The quantitative estimate of drug-likeness (QED) is 0.587. The molecule has 1 aliphatic heterocycles. The van der Waals surface area contributed by atoms with Gasteiger partial charge in [-0.3, -0.25) is 9.36 Å². The number of benzene rings is 2. The molecule has 3 aromatic rings.